The van der Waals surface area contributed by atoms with Crippen LogP contribution in [0.3, 0.4) is 0 Å². The van der Waals surface area contributed by atoms with E-state index in [-0.39, 0.29) is 17.6 Å². The summed E-state index contributed by atoms with van der Waals surface area (Å²) in [5.74, 6) is 0.931. The number of hydrogen-bond acceptors (Lipinski definition) is 6. The van der Waals surface area contributed by atoms with Crippen LogP contribution in [0.2, 0.25) is 0 Å². The topological polar surface area (TPSA) is 109 Å². The van der Waals surface area contributed by atoms with Gasteiger partial charge in [0, 0.05) is 49.9 Å². The molecule has 158 valence electrons. The van der Waals surface area contributed by atoms with Crippen molar-refractivity contribution in [1.82, 2.24) is 23.6 Å². The number of piperidine rings is 1. The molecule has 1 saturated heterocycles. The molecule has 0 spiro atoms. The molecule has 29 heavy (non-hydrogen) atoms. The Morgan fingerprint density at radius 2 is 1.90 bits per heavy atom. The molecule has 0 unspecified atom stereocenters. The number of nitrogens with zero attached hydrogens (tertiary/aromatic N) is 4. The number of rotatable bonds is 5. The van der Waals surface area contributed by atoms with Crippen LogP contribution in [0.5, 0.6) is 0 Å². The second kappa shape index (κ2) is 8.00. The summed E-state index contributed by atoms with van der Waals surface area (Å²) in [5.41, 5.74) is 0.649. The molecule has 2 aromatic heterocycles. The predicted octanol–water partition coefficient (Wildman–Crippen LogP) is 1.49. The Hall–Kier alpha value is -2.04. The second-order valence-electron chi connectivity index (χ2n) is 8.02. The molecule has 1 saturated carbocycles. The first-order valence-electron chi connectivity index (χ1n) is 10.2. The zero-order chi connectivity index (χ0) is 20.6. The Morgan fingerprint density at radius 1 is 1.14 bits per heavy atom. The van der Waals surface area contributed by atoms with E-state index in [1.165, 1.54) is 11.4 Å². The lowest BCUT2D eigenvalue weighted by molar-refractivity contribution is 0.326. The molecule has 2 aromatic rings. The quantitative estimate of drug-likeness (QED) is 0.759. The number of nitrogens with one attached hydrogen (secondary N) is 2. The van der Waals surface area contributed by atoms with Gasteiger partial charge >= 0.3 is 0 Å². The normalized spacial score (nSPS) is 24.2. The van der Waals surface area contributed by atoms with E-state index in [1.807, 2.05) is 4.57 Å². The molecule has 1 aliphatic heterocycles. The standard InChI is InChI=1S/C19H28N6O3S/c1-13-4-3-5-16(13)25-17(26)7-6-14-12-21-19(23-18(14)25)22-15-8-10-24(11-9-15)29(27,28)20-2/h6-7,12-13,15-16,20H,3-5,8-11H2,1-2H3,(H,21,22,23)/t13-,16+/m0/s1. The van der Waals surface area contributed by atoms with Gasteiger partial charge in [-0.2, -0.15) is 17.7 Å². The molecule has 0 amide bonds. The van der Waals surface area contributed by atoms with Crippen LogP contribution in [0.15, 0.2) is 23.1 Å². The minimum atomic E-state index is -3.39. The van der Waals surface area contributed by atoms with Crippen molar-refractivity contribution < 1.29 is 8.42 Å². The van der Waals surface area contributed by atoms with Gasteiger partial charge in [0.2, 0.25) is 5.95 Å². The van der Waals surface area contributed by atoms with Crippen LogP contribution in [0.4, 0.5) is 5.95 Å². The van der Waals surface area contributed by atoms with Gasteiger partial charge < -0.3 is 5.32 Å². The van der Waals surface area contributed by atoms with Crippen molar-refractivity contribution in [2.45, 2.75) is 51.1 Å². The minimum Gasteiger partial charge on any atom is -0.351 e. The van der Waals surface area contributed by atoms with Crippen molar-refractivity contribution in [2.24, 2.45) is 5.92 Å². The number of anilines is 1. The van der Waals surface area contributed by atoms with Crippen LogP contribution >= 0.6 is 0 Å². The van der Waals surface area contributed by atoms with Crippen LogP contribution in [-0.4, -0.2) is 53.4 Å². The molecule has 2 fully saturated rings. The summed E-state index contributed by atoms with van der Waals surface area (Å²) in [7, 11) is -1.96. The molecule has 3 heterocycles. The lowest BCUT2D eigenvalue weighted by Crippen LogP contribution is -2.46. The van der Waals surface area contributed by atoms with Gasteiger partial charge in [0.15, 0.2) is 0 Å². The van der Waals surface area contributed by atoms with Gasteiger partial charge in [-0.3, -0.25) is 9.36 Å². The summed E-state index contributed by atoms with van der Waals surface area (Å²) in [6, 6.07) is 3.63. The molecule has 0 bridgehead atoms. The van der Waals surface area contributed by atoms with Gasteiger partial charge in [-0.15, -0.1) is 0 Å². The molecule has 9 nitrogen and oxygen atoms in total. The summed E-state index contributed by atoms with van der Waals surface area (Å²) < 4.78 is 29.5. The van der Waals surface area contributed by atoms with E-state index in [0.717, 1.165) is 24.6 Å². The van der Waals surface area contributed by atoms with Gasteiger partial charge in [-0.05, 0) is 37.7 Å². The molecular weight excluding hydrogens is 392 g/mol. The smallest absolute Gasteiger partial charge is 0.279 e. The Morgan fingerprint density at radius 3 is 2.55 bits per heavy atom. The fraction of sp³-hybridized carbons (Fsp3) is 0.632. The molecule has 2 aliphatic rings. The number of hydrogen-bond donors (Lipinski definition) is 2. The van der Waals surface area contributed by atoms with Crippen molar-refractivity contribution in [1.29, 1.82) is 0 Å². The molecular formula is C19H28N6O3S. The van der Waals surface area contributed by atoms with Crippen molar-refractivity contribution >= 4 is 27.2 Å². The van der Waals surface area contributed by atoms with Crippen molar-refractivity contribution in [3.05, 3.63) is 28.7 Å². The van der Waals surface area contributed by atoms with E-state index in [4.69, 9.17) is 0 Å². The average molecular weight is 421 g/mol. The molecule has 2 N–H and O–H groups in total. The average Bonchev–Trinajstić information content (AvgIpc) is 3.13. The maximum atomic E-state index is 12.6. The van der Waals surface area contributed by atoms with E-state index in [2.05, 4.69) is 26.9 Å². The van der Waals surface area contributed by atoms with E-state index in [9.17, 15) is 13.2 Å². The summed E-state index contributed by atoms with van der Waals surface area (Å²) in [6.45, 7) is 3.08. The van der Waals surface area contributed by atoms with Gasteiger partial charge in [0.1, 0.15) is 5.65 Å². The fourth-order valence-electron chi connectivity index (χ4n) is 4.49. The Balaban J connectivity index is 1.56. The lowest BCUT2D eigenvalue weighted by Gasteiger charge is -2.31. The van der Waals surface area contributed by atoms with Gasteiger partial charge in [-0.1, -0.05) is 13.3 Å². The molecule has 0 radical (unpaired) electrons. The second-order valence-corrected chi connectivity index (χ2v) is 9.89. The Kier molecular flexibility index (Phi) is 5.58. The molecule has 4 rings (SSSR count). The maximum absolute atomic E-state index is 12.6. The van der Waals surface area contributed by atoms with Gasteiger partial charge in [0.05, 0.1) is 0 Å². The zero-order valence-corrected chi connectivity index (χ0v) is 17.7. The Labute approximate surface area is 170 Å². The summed E-state index contributed by atoms with van der Waals surface area (Å²) >= 11 is 0. The van der Waals surface area contributed by atoms with Crippen molar-refractivity contribution in [3.8, 4) is 0 Å². The highest BCUT2D eigenvalue weighted by molar-refractivity contribution is 7.87. The number of aromatic nitrogens is 3. The summed E-state index contributed by atoms with van der Waals surface area (Å²) in [6.07, 6.45) is 6.33. The molecule has 0 aromatic carbocycles. The monoisotopic (exact) mass is 420 g/mol. The predicted molar refractivity (Wildman–Crippen MR) is 112 cm³/mol. The van der Waals surface area contributed by atoms with E-state index in [1.54, 1.807) is 18.3 Å². The van der Waals surface area contributed by atoms with Gasteiger partial charge in [0.25, 0.3) is 15.8 Å². The van der Waals surface area contributed by atoms with Crippen LogP contribution in [0.1, 0.15) is 45.1 Å². The van der Waals surface area contributed by atoms with Crippen LogP contribution in [0, 0.1) is 5.92 Å². The fourth-order valence-corrected chi connectivity index (χ4v) is 5.44. The summed E-state index contributed by atoms with van der Waals surface area (Å²) in [5, 5.41) is 4.18. The largest absolute Gasteiger partial charge is 0.351 e. The van der Waals surface area contributed by atoms with Crippen LogP contribution < -0.4 is 15.6 Å². The van der Waals surface area contributed by atoms with Crippen LogP contribution in [-0.2, 0) is 10.2 Å². The zero-order valence-electron chi connectivity index (χ0n) is 16.8. The SMILES string of the molecule is CNS(=O)(=O)N1CCC(Nc2ncc3ccc(=O)n([C@@H]4CCC[C@@H]4C)c3n2)CC1. The van der Waals surface area contributed by atoms with Crippen LogP contribution in [0.25, 0.3) is 11.0 Å². The first-order valence-corrected chi connectivity index (χ1v) is 11.7. The maximum Gasteiger partial charge on any atom is 0.279 e. The highest BCUT2D eigenvalue weighted by Gasteiger charge is 2.29. The van der Waals surface area contributed by atoms with Crippen molar-refractivity contribution in [2.75, 3.05) is 25.5 Å². The highest BCUT2D eigenvalue weighted by atomic mass is 32.2. The first kappa shape index (κ1) is 20.2. The third-order valence-electron chi connectivity index (χ3n) is 6.20. The first-order chi connectivity index (χ1) is 13.9. The van der Waals surface area contributed by atoms with E-state index in [0.29, 0.717) is 43.4 Å². The lowest BCUT2D eigenvalue weighted by atomic mass is 10.1. The van der Waals surface area contributed by atoms with E-state index >= 15 is 0 Å². The van der Waals surface area contributed by atoms with E-state index < -0.39 is 10.2 Å². The molecule has 2 atom stereocenters. The third-order valence-corrected chi connectivity index (χ3v) is 7.76. The number of fused-ring (bicyclic) bond motifs is 1. The third kappa shape index (κ3) is 4.01. The Bertz CT molecular complexity index is 1050. The number of pyridine rings is 1. The van der Waals surface area contributed by atoms with Crippen molar-refractivity contribution in [3.63, 3.8) is 0 Å². The summed E-state index contributed by atoms with van der Waals surface area (Å²) in [4.78, 5) is 21.7. The molecule has 10 heteroatoms. The minimum absolute atomic E-state index is 0.0218. The molecule has 1 aliphatic carbocycles. The van der Waals surface area contributed by atoms with Gasteiger partial charge in [-0.25, -0.2) is 9.71 Å². The highest BCUT2D eigenvalue weighted by Crippen LogP contribution is 2.35.